The molecule has 1 aromatic rings. The maximum Gasteiger partial charge on any atom is 2.00 e. The number of carbonyl (C=O) groups is 3. The Kier molecular flexibility index (Phi) is 10.5. The molecule has 1 aromatic carbocycles. The Morgan fingerprint density at radius 1 is 0.794 bits per heavy atom. The second kappa shape index (κ2) is 13.3. The first-order chi connectivity index (χ1) is 16.1. The zero-order chi connectivity index (χ0) is 23.0. The average molecular weight is 499 g/mol. The number of fused-ring (bicyclic) bond motifs is 1. The first-order valence-corrected chi connectivity index (χ1v) is 11.5. The van der Waals surface area contributed by atoms with Crippen LogP contribution in [-0.4, -0.2) is 23.8 Å². The Bertz CT molecular complexity index is 786. The molecule has 6 nitrogen and oxygen atoms in total. The van der Waals surface area contributed by atoms with E-state index in [1.54, 1.807) is 37.1 Å². The number of benzene rings is 1. The van der Waals surface area contributed by atoms with E-state index in [0.29, 0.717) is 17.3 Å². The van der Waals surface area contributed by atoms with Crippen LogP contribution in [0.3, 0.4) is 0 Å². The molecule has 10 radical (unpaired) electrons. The van der Waals surface area contributed by atoms with Crippen LogP contribution in [0.25, 0.3) is 0 Å². The van der Waals surface area contributed by atoms with Gasteiger partial charge in [-0.3, -0.25) is 14.4 Å². The molecule has 34 heavy (non-hydrogen) atoms. The third kappa shape index (κ3) is 6.85. The maximum absolute atomic E-state index is 13.2. The maximum atomic E-state index is 13.2. The van der Waals surface area contributed by atoms with Crippen molar-refractivity contribution in [2.45, 2.75) is 38.1 Å². The Balaban J connectivity index is 0.000000481. The summed E-state index contributed by atoms with van der Waals surface area (Å²) in [6.45, 7) is 0. The van der Waals surface area contributed by atoms with Crippen molar-refractivity contribution < 1.29 is 31.5 Å². The van der Waals surface area contributed by atoms with Crippen molar-refractivity contribution in [2.75, 3.05) is 10.6 Å². The standard InChI is InChI=1S/C22H24N3O3.C5H5.Fe/c26-20(23-15-10-2-1-3-11-15)18(14-8-4-5-9-14)19-21(27)24-16-12-6-7-13-17(16)25-22(19)28;1-2-4-5-3-1;/h4-9,12-13,15,18-19H,1-3,10-11H2,(H,23,26)(H,24,27)(H,25,28);1-5H;/q;;+2. The van der Waals surface area contributed by atoms with Gasteiger partial charge in [-0.1, -0.05) is 31.4 Å². The van der Waals surface area contributed by atoms with Crippen molar-refractivity contribution in [3.05, 3.63) is 88.0 Å². The van der Waals surface area contributed by atoms with Crippen LogP contribution in [0, 0.1) is 75.5 Å². The quantitative estimate of drug-likeness (QED) is 0.437. The molecule has 0 aromatic heterocycles. The molecule has 5 rings (SSSR count). The minimum Gasteiger partial charge on any atom is -0.353 e. The Labute approximate surface area is 214 Å². The van der Waals surface area contributed by atoms with E-state index >= 15 is 0 Å². The molecule has 1 unspecified atom stereocenters. The van der Waals surface area contributed by atoms with Crippen LogP contribution in [0.1, 0.15) is 32.1 Å². The molecule has 1 atom stereocenters. The van der Waals surface area contributed by atoms with Crippen LogP contribution in [0.5, 0.6) is 0 Å². The van der Waals surface area contributed by atoms with Crippen LogP contribution < -0.4 is 16.0 Å². The summed E-state index contributed by atoms with van der Waals surface area (Å²) in [5, 5.41) is 8.69. The van der Waals surface area contributed by atoms with E-state index < -0.39 is 23.7 Å². The molecule has 0 spiro atoms. The largest absolute Gasteiger partial charge is 2.00 e. The van der Waals surface area contributed by atoms with E-state index in [1.807, 2.05) is 44.9 Å². The summed E-state index contributed by atoms with van der Waals surface area (Å²) in [6.07, 6.45) is 22.5. The molecular weight excluding hydrogens is 470 g/mol. The van der Waals surface area contributed by atoms with Gasteiger partial charge in [0.2, 0.25) is 17.7 Å². The number of amides is 3. The number of hydrogen-bond donors (Lipinski definition) is 3. The summed E-state index contributed by atoms with van der Waals surface area (Å²) >= 11 is 0. The summed E-state index contributed by atoms with van der Waals surface area (Å²) in [5.41, 5.74) is 1.08. The van der Waals surface area contributed by atoms with Crippen LogP contribution in [0.2, 0.25) is 0 Å². The molecule has 7 heteroatoms. The van der Waals surface area contributed by atoms with Crippen LogP contribution >= 0.6 is 0 Å². The monoisotopic (exact) mass is 499 g/mol. The van der Waals surface area contributed by atoms with E-state index in [1.165, 1.54) is 6.42 Å². The van der Waals surface area contributed by atoms with Crippen LogP contribution in [0.15, 0.2) is 24.3 Å². The van der Waals surface area contributed by atoms with Crippen molar-refractivity contribution >= 4 is 29.1 Å². The van der Waals surface area contributed by atoms with Gasteiger partial charge in [-0.15, -0.1) is 0 Å². The van der Waals surface area contributed by atoms with Gasteiger partial charge in [0.05, 0.1) is 17.3 Å². The molecule has 4 aliphatic rings. The zero-order valence-electron chi connectivity index (χ0n) is 18.9. The van der Waals surface area contributed by atoms with Gasteiger partial charge in [0, 0.05) is 6.04 Å². The smallest absolute Gasteiger partial charge is 0.353 e. The molecule has 3 fully saturated rings. The number of nitrogens with one attached hydrogen (secondary N) is 3. The summed E-state index contributed by atoms with van der Waals surface area (Å²) in [6, 6.07) is 7.14. The summed E-state index contributed by atoms with van der Waals surface area (Å²) < 4.78 is 0. The SMILES string of the molecule is O=C(NC1CCCCC1)C([C]1[CH][CH][CH][CH]1)C1C(=O)Nc2ccccc2NC1=O.[CH]1[CH][CH][CH][CH]1.[Fe+2]. The van der Waals surface area contributed by atoms with Crippen molar-refractivity contribution in [3.63, 3.8) is 0 Å². The van der Waals surface area contributed by atoms with E-state index in [0.717, 1.165) is 25.7 Å². The Hall–Kier alpha value is -1.85. The van der Waals surface area contributed by atoms with Crippen LogP contribution in [0.4, 0.5) is 11.4 Å². The van der Waals surface area contributed by atoms with Gasteiger partial charge < -0.3 is 16.0 Å². The molecule has 176 valence electrons. The summed E-state index contributed by atoms with van der Waals surface area (Å²) in [4.78, 5) is 39.2. The van der Waals surface area contributed by atoms with Crippen molar-refractivity contribution in [2.24, 2.45) is 11.8 Å². The van der Waals surface area contributed by atoms with Gasteiger partial charge in [-0.2, -0.15) is 0 Å². The fourth-order valence-electron chi connectivity index (χ4n) is 4.49. The Morgan fingerprint density at radius 2 is 1.29 bits per heavy atom. The topological polar surface area (TPSA) is 87.3 Å². The van der Waals surface area contributed by atoms with Gasteiger partial charge in [0.15, 0.2) is 0 Å². The fraction of sp³-hybridized carbons (Fsp3) is 0.296. The van der Waals surface area contributed by atoms with Crippen molar-refractivity contribution in [1.29, 1.82) is 0 Å². The Morgan fingerprint density at radius 3 is 1.79 bits per heavy atom. The van der Waals surface area contributed by atoms with Gasteiger partial charge in [-0.25, -0.2) is 0 Å². The summed E-state index contributed by atoms with van der Waals surface area (Å²) in [7, 11) is 0. The van der Waals surface area contributed by atoms with Crippen LogP contribution in [-0.2, 0) is 31.5 Å². The van der Waals surface area contributed by atoms with E-state index in [4.69, 9.17) is 0 Å². The van der Waals surface area contributed by atoms with Gasteiger partial charge in [-0.05, 0) is 88.7 Å². The fourth-order valence-corrected chi connectivity index (χ4v) is 4.49. The number of hydrogen-bond acceptors (Lipinski definition) is 3. The van der Waals surface area contributed by atoms with Crippen molar-refractivity contribution in [1.82, 2.24) is 5.32 Å². The number of carbonyl (C=O) groups excluding carboxylic acids is 3. The molecule has 3 aliphatic carbocycles. The minimum absolute atomic E-state index is 0. The number of rotatable bonds is 4. The second-order valence-corrected chi connectivity index (χ2v) is 8.50. The summed E-state index contributed by atoms with van der Waals surface area (Å²) in [5.74, 6) is -2.53. The molecule has 3 amide bonds. The average Bonchev–Trinajstić information content (AvgIpc) is 3.54. The minimum atomic E-state index is -1.14. The van der Waals surface area contributed by atoms with Gasteiger partial charge >= 0.3 is 17.1 Å². The number of anilines is 2. The van der Waals surface area contributed by atoms with Gasteiger partial charge in [0.25, 0.3) is 0 Å². The van der Waals surface area contributed by atoms with E-state index in [9.17, 15) is 14.4 Å². The third-order valence-electron chi connectivity index (χ3n) is 6.18. The zero-order valence-corrected chi connectivity index (χ0v) is 20.0. The van der Waals surface area contributed by atoms with E-state index in [2.05, 4.69) is 16.0 Å². The molecule has 1 aliphatic heterocycles. The molecule has 0 saturated heterocycles. The van der Waals surface area contributed by atoms with Crippen molar-refractivity contribution in [3.8, 4) is 0 Å². The second-order valence-electron chi connectivity index (χ2n) is 8.50. The predicted octanol–water partition coefficient (Wildman–Crippen LogP) is 3.68. The first kappa shape index (κ1) is 26.7. The molecule has 3 N–H and O–H groups in total. The van der Waals surface area contributed by atoms with Gasteiger partial charge in [0.1, 0.15) is 5.92 Å². The molecule has 1 heterocycles. The molecule has 3 saturated carbocycles. The third-order valence-corrected chi connectivity index (χ3v) is 6.18. The molecule has 0 bridgehead atoms. The predicted molar refractivity (Wildman–Crippen MR) is 128 cm³/mol. The first-order valence-electron chi connectivity index (χ1n) is 11.5. The molecular formula is C27H29FeN3O3+2. The normalized spacial score (nSPS) is 22.2. The van der Waals surface area contributed by atoms with E-state index in [-0.39, 0.29) is 29.0 Å². The number of para-hydroxylation sites is 2.